The zero-order valence-electron chi connectivity index (χ0n) is 13.3. The summed E-state index contributed by atoms with van der Waals surface area (Å²) in [6, 6.07) is 21.0. The van der Waals surface area contributed by atoms with Gasteiger partial charge >= 0.3 is 0 Å². The highest BCUT2D eigenvalue weighted by Gasteiger charge is 2.40. The van der Waals surface area contributed by atoms with E-state index in [1.165, 1.54) is 10.4 Å². The molecule has 0 saturated heterocycles. The van der Waals surface area contributed by atoms with E-state index in [1.54, 1.807) is 11.3 Å². The summed E-state index contributed by atoms with van der Waals surface area (Å²) in [5.41, 5.74) is 3.45. The highest BCUT2D eigenvalue weighted by molar-refractivity contribution is 9.10. The van der Waals surface area contributed by atoms with Crippen molar-refractivity contribution in [3.05, 3.63) is 86.5 Å². The molecule has 2 atom stereocenters. The van der Waals surface area contributed by atoms with E-state index in [9.17, 15) is 0 Å². The van der Waals surface area contributed by atoms with Gasteiger partial charge in [0, 0.05) is 22.0 Å². The molecule has 0 N–H and O–H groups in total. The number of hydrogen-bond acceptors (Lipinski definition) is 4. The van der Waals surface area contributed by atoms with Gasteiger partial charge in [0.15, 0.2) is 0 Å². The number of benzene rings is 2. The average Bonchev–Trinajstić information content (AvgIpc) is 3.30. The fraction of sp³-hybridized carbons (Fsp3) is 0.150. The number of fused-ring (bicyclic) bond motifs is 3. The Balaban J connectivity index is 1.62. The minimum Gasteiger partial charge on any atom is -0.464 e. The molecule has 3 nitrogen and oxygen atoms in total. The highest BCUT2D eigenvalue weighted by Crippen LogP contribution is 2.47. The fourth-order valence-corrected chi connectivity index (χ4v) is 4.64. The second-order valence-corrected chi connectivity index (χ2v) is 8.05. The Bertz CT molecular complexity index is 954. The molecule has 25 heavy (non-hydrogen) atoms. The first-order valence-corrected chi connectivity index (χ1v) is 9.87. The SMILES string of the molecule is Brc1cccc([C@@H]2Oc3ccccc3[C@@H]3CC(c4cccs4)=NN32)c1. The van der Waals surface area contributed by atoms with Crippen LogP contribution in [0.3, 0.4) is 0 Å². The first kappa shape index (κ1) is 15.2. The maximum atomic E-state index is 6.35. The number of nitrogens with zero attached hydrogens (tertiary/aromatic N) is 2. The summed E-state index contributed by atoms with van der Waals surface area (Å²) in [6.45, 7) is 0. The van der Waals surface area contributed by atoms with Gasteiger partial charge < -0.3 is 4.74 Å². The van der Waals surface area contributed by atoms with Crippen LogP contribution in [-0.2, 0) is 0 Å². The van der Waals surface area contributed by atoms with Crippen LogP contribution in [0, 0.1) is 0 Å². The maximum Gasteiger partial charge on any atom is 0.213 e. The second kappa shape index (κ2) is 6.00. The van der Waals surface area contributed by atoms with Crippen molar-refractivity contribution in [1.29, 1.82) is 0 Å². The number of para-hydroxylation sites is 1. The van der Waals surface area contributed by atoms with E-state index in [0.29, 0.717) is 0 Å². The fourth-order valence-electron chi connectivity index (χ4n) is 3.51. The van der Waals surface area contributed by atoms with Crippen molar-refractivity contribution in [2.24, 2.45) is 5.10 Å². The summed E-state index contributed by atoms with van der Waals surface area (Å²) in [6.07, 6.45) is 0.695. The number of hydrogen-bond donors (Lipinski definition) is 0. The van der Waals surface area contributed by atoms with Gasteiger partial charge in [-0.1, -0.05) is 52.3 Å². The molecular weight excluding hydrogens is 396 g/mol. The van der Waals surface area contributed by atoms with Gasteiger partial charge in [0.1, 0.15) is 5.75 Å². The smallest absolute Gasteiger partial charge is 0.213 e. The molecule has 5 rings (SSSR count). The van der Waals surface area contributed by atoms with Gasteiger partial charge in [0.2, 0.25) is 6.23 Å². The van der Waals surface area contributed by atoms with Gasteiger partial charge in [-0.25, -0.2) is 5.01 Å². The second-order valence-electron chi connectivity index (χ2n) is 6.19. The van der Waals surface area contributed by atoms with Crippen LogP contribution in [0.15, 0.2) is 75.6 Å². The largest absolute Gasteiger partial charge is 0.464 e. The van der Waals surface area contributed by atoms with Crippen LogP contribution in [0.2, 0.25) is 0 Å². The maximum absolute atomic E-state index is 6.35. The van der Waals surface area contributed by atoms with Gasteiger partial charge in [-0.3, -0.25) is 0 Å². The number of ether oxygens (including phenoxy) is 1. The van der Waals surface area contributed by atoms with Crippen LogP contribution < -0.4 is 4.74 Å². The van der Waals surface area contributed by atoms with Gasteiger partial charge in [0.05, 0.1) is 16.6 Å². The number of rotatable bonds is 2. The number of thiophene rings is 1. The van der Waals surface area contributed by atoms with Crippen molar-refractivity contribution < 1.29 is 4.74 Å². The number of hydrazone groups is 1. The molecule has 0 amide bonds. The molecule has 0 radical (unpaired) electrons. The van der Waals surface area contributed by atoms with Crippen molar-refractivity contribution in [3.63, 3.8) is 0 Å². The Morgan fingerprint density at radius 3 is 2.84 bits per heavy atom. The molecule has 1 aromatic heterocycles. The first-order chi connectivity index (χ1) is 12.3. The summed E-state index contributed by atoms with van der Waals surface area (Å²) in [5.74, 6) is 0.955. The van der Waals surface area contributed by atoms with E-state index in [0.717, 1.165) is 27.9 Å². The molecule has 0 spiro atoms. The van der Waals surface area contributed by atoms with Crippen molar-refractivity contribution in [2.45, 2.75) is 18.7 Å². The lowest BCUT2D eigenvalue weighted by molar-refractivity contribution is -0.0190. The predicted molar refractivity (Wildman–Crippen MR) is 104 cm³/mol. The van der Waals surface area contributed by atoms with Crippen LogP contribution in [0.25, 0.3) is 0 Å². The quantitative estimate of drug-likeness (QED) is 0.536. The van der Waals surface area contributed by atoms with Gasteiger partial charge in [-0.05, 0) is 29.6 Å². The monoisotopic (exact) mass is 410 g/mol. The number of halogens is 1. The lowest BCUT2D eigenvalue weighted by Crippen LogP contribution is -2.33. The molecule has 2 aliphatic rings. The molecule has 2 aromatic carbocycles. The van der Waals surface area contributed by atoms with Crippen LogP contribution in [0.1, 0.15) is 34.7 Å². The third-order valence-corrected chi connectivity index (χ3v) is 6.05. The van der Waals surface area contributed by atoms with E-state index >= 15 is 0 Å². The lowest BCUT2D eigenvalue weighted by atomic mass is 9.98. The molecule has 0 aliphatic carbocycles. The summed E-state index contributed by atoms with van der Waals surface area (Å²) < 4.78 is 7.40. The van der Waals surface area contributed by atoms with Gasteiger partial charge in [-0.2, -0.15) is 5.10 Å². The Morgan fingerprint density at radius 1 is 1.08 bits per heavy atom. The zero-order chi connectivity index (χ0) is 16.8. The molecule has 0 fully saturated rings. The topological polar surface area (TPSA) is 24.8 Å². The summed E-state index contributed by atoms with van der Waals surface area (Å²) in [7, 11) is 0. The van der Waals surface area contributed by atoms with Crippen LogP contribution >= 0.6 is 27.3 Å². The Hall–Kier alpha value is -2.11. The van der Waals surface area contributed by atoms with Crippen LogP contribution in [0.4, 0.5) is 0 Å². The van der Waals surface area contributed by atoms with E-state index in [4.69, 9.17) is 9.84 Å². The summed E-state index contributed by atoms with van der Waals surface area (Å²) in [5, 5.41) is 9.19. The van der Waals surface area contributed by atoms with Crippen LogP contribution in [-0.4, -0.2) is 10.7 Å². The van der Waals surface area contributed by atoms with Crippen molar-refractivity contribution in [2.75, 3.05) is 0 Å². The molecule has 0 bridgehead atoms. The molecule has 0 saturated carbocycles. The molecule has 3 heterocycles. The predicted octanol–water partition coefficient (Wildman–Crippen LogP) is 5.75. The Labute approximate surface area is 158 Å². The van der Waals surface area contributed by atoms with E-state index in [-0.39, 0.29) is 12.3 Å². The van der Waals surface area contributed by atoms with Crippen LogP contribution in [0.5, 0.6) is 5.75 Å². The van der Waals surface area contributed by atoms with Crippen molar-refractivity contribution >= 4 is 33.0 Å². The standard InChI is InChI=1S/C20H15BrN2OS/c21-14-6-3-5-13(11-14)20-23-17(15-7-1-2-8-18(15)24-20)12-16(22-23)19-9-4-10-25-19/h1-11,17,20H,12H2/t17-,20-/m0/s1. The van der Waals surface area contributed by atoms with E-state index in [1.807, 2.05) is 18.2 Å². The minimum absolute atomic E-state index is 0.213. The zero-order valence-corrected chi connectivity index (χ0v) is 15.7. The van der Waals surface area contributed by atoms with Crippen molar-refractivity contribution in [3.8, 4) is 5.75 Å². The molecule has 3 aromatic rings. The molecule has 2 aliphatic heterocycles. The molecule has 124 valence electrons. The lowest BCUT2D eigenvalue weighted by Gasteiger charge is -2.38. The van der Waals surface area contributed by atoms with Gasteiger partial charge in [-0.15, -0.1) is 11.3 Å². The highest BCUT2D eigenvalue weighted by atomic mass is 79.9. The average molecular weight is 411 g/mol. The van der Waals surface area contributed by atoms with E-state index < -0.39 is 0 Å². The van der Waals surface area contributed by atoms with E-state index in [2.05, 4.69) is 68.8 Å². The Morgan fingerprint density at radius 2 is 2.00 bits per heavy atom. The summed E-state index contributed by atoms with van der Waals surface area (Å²) in [4.78, 5) is 1.24. The first-order valence-electron chi connectivity index (χ1n) is 8.20. The normalized spacial score (nSPS) is 21.3. The third-order valence-electron chi connectivity index (χ3n) is 4.64. The van der Waals surface area contributed by atoms with Gasteiger partial charge in [0.25, 0.3) is 0 Å². The molecule has 5 heteroatoms. The van der Waals surface area contributed by atoms with Crippen molar-refractivity contribution in [1.82, 2.24) is 5.01 Å². The minimum atomic E-state index is -0.213. The Kier molecular flexibility index (Phi) is 3.64. The summed E-state index contributed by atoms with van der Waals surface area (Å²) >= 11 is 5.31. The molecular formula is C20H15BrN2OS. The third kappa shape index (κ3) is 2.58. The molecule has 0 unspecified atom stereocenters.